The van der Waals surface area contributed by atoms with Crippen LogP contribution in [0, 0.1) is 6.92 Å². The number of hydrogen-bond acceptors (Lipinski definition) is 4. The van der Waals surface area contributed by atoms with Gasteiger partial charge in [-0.05, 0) is 19.1 Å². The summed E-state index contributed by atoms with van der Waals surface area (Å²) in [6.07, 6.45) is 3.18. The molecule has 4 heteroatoms. The molecule has 0 fully saturated rings. The van der Waals surface area contributed by atoms with Crippen LogP contribution >= 0.6 is 0 Å². The summed E-state index contributed by atoms with van der Waals surface area (Å²) >= 11 is 0. The number of nitrogens with zero attached hydrogens (tertiary/aromatic N) is 1. The summed E-state index contributed by atoms with van der Waals surface area (Å²) in [6.45, 7) is 2.02. The molecule has 0 aliphatic carbocycles. The van der Waals surface area contributed by atoms with Crippen molar-refractivity contribution in [1.82, 2.24) is 5.16 Å². The van der Waals surface area contributed by atoms with Gasteiger partial charge in [-0.3, -0.25) is 4.79 Å². The van der Waals surface area contributed by atoms with Crippen LogP contribution in [0.15, 0.2) is 65.2 Å². The number of benzene rings is 2. The van der Waals surface area contributed by atoms with Gasteiger partial charge < -0.3 is 9.26 Å². The van der Waals surface area contributed by atoms with Crippen molar-refractivity contribution in [2.45, 2.75) is 6.92 Å². The molecule has 3 rings (SSSR count). The molecule has 24 heavy (non-hydrogen) atoms. The largest absolute Gasteiger partial charge is 0.467 e. The molecule has 0 aliphatic heterocycles. The van der Waals surface area contributed by atoms with Crippen molar-refractivity contribution in [1.29, 1.82) is 0 Å². The Morgan fingerprint density at radius 3 is 2.46 bits per heavy atom. The first-order chi connectivity index (χ1) is 11.7. The lowest BCUT2D eigenvalue weighted by Crippen LogP contribution is -1.93. The van der Waals surface area contributed by atoms with Gasteiger partial charge >= 0.3 is 5.95 Å². The van der Waals surface area contributed by atoms with Gasteiger partial charge in [-0.25, -0.2) is 0 Å². The molecule has 3 aromatic rings. The Labute approximate surface area is 140 Å². The molecular formula is C20H17NO3. The van der Waals surface area contributed by atoms with Gasteiger partial charge in [0.15, 0.2) is 5.78 Å². The fourth-order valence-electron chi connectivity index (χ4n) is 2.35. The Morgan fingerprint density at radius 2 is 1.79 bits per heavy atom. The summed E-state index contributed by atoms with van der Waals surface area (Å²) in [5.41, 5.74) is 3.97. The highest BCUT2D eigenvalue weighted by molar-refractivity contribution is 6.07. The van der Waals surface area contributed by atoms with Crippen LogP contribution in [0.4, 0.5) is 0 Å². The molecule has 0 saturated heterocycles. The van der Waals surface area contributed by atoms with E-state index in [0.717, 1.165) is 11.1 Å². The van der Waals surface area contributed by atoms with Crippen molar-refractivity contribution >= 4 is 11.9 Å². The number of ketones is 1. The third-order valence-corrected chi connectivity index (χ3v) is 3.66. The fraction of sp³-hybridized carbons (Fsp3) is 0.100. The van der Waals surface area contributed by atoms with Gasteiger partial charge in [-0.1, -0.05) is 65.3 Å². The van der Waals surface area contributed by atoms with E-state index in [9.17, 15) is 4.79 Å². The third-order valence-electron chi connectivity index (χ3n) is 3.66. The number of aryl methyl sites for hydroxylation is 1. The molecule has 0 atom stereocenters. The van der Waals surface area contributed by atoms with Crippen LogP contribution in [0.25, 0.3) is 17.3 Å². The SMILES string of the molecule is COc1onc(-c2ccc(C)cc2)c1/C=C\C(=O)c1ccccc1. The smallest absolute Gasteiger partial charge is 0.318 e. The molecule has 1 heterocycles. The van der Waals surface area contributed by atoms with E-state index in [1.165, 1.54) is 13.2 Å². The summed E-state index contributed by atoms with van der Waals surface area (Å²) in [6, 6.07) is 17.0. The van der Waals surface area contributed by atoms with Crippen LogP contribution in [0.3, 0.4) is 0 Å². The minimum atomic E-state index is -0.0892. The van der Waals surface area contributed by atoms with Gasteiger partial charge in [0.1, 0.15) is 5.69 Å². The molecule has 0 N–H and O–H groups in total. The molecule has 0 amide bonds. The number of carbonyl (C=O) groups is 1. The number of allylic oxidation sites excluding steroid dienone is 1. The number of hydrogen-bond donors (Lipinski definition) is 0. The minimum Gasteiger partial charge on any atom is -0.467 e. The molecule has 2 aromatic carbocycles. The predicted molar refractivity (Wildman–Crippen MR) is 93.0 cm³/mol. The van der Waals surface area contributed by atoms with E-state index < -0.39 is 0 Å². The van der Waals surface area contributed by atoms with Crippen LogP contribution in [-0.4, -0.2) is 18.0 Å². The van der Waals surface area contributed by atoms with Crippen molar-refractivity contribution < 1.29 is 14.1 Å². The van der Waals surface area contributed by atoms with E-state index in [2.05, 4.69) is 5.16 Å². The van der Waals surface area contributed by atoms with Gasteiger partial charge in [-0.15, -0.1) is 0 Å². The number of ether oxygens (including phenoxy) is 1. The molecule has 0 bridgehead atoms. The molecule has 120 valence electrons. The predicted octanol–water partition coefficient (Wildman–Crippen LogP) is 4.55. The Morgan fingerprint density at radius 1 is 1.08 bits per heavy atom. The second-order valence-corrected chi connectivity index (χ2v) is 5.37. The number of rotatable bonds is 5. The van der Waals surface area contributed by atoms with Crippen molar-refractivity contribution in [2.75, 3.05) is 7.11 Å². The molecule has 1 aromatic heterocycles. The Kier molecular flexibility index (Phi) is 4.57. The standard InChI is InChI=1S/C20H17NO3/c1-14-8-10-16(11-9-14)19-17(20(23-2)24-21-19)12-13-18(22)15-6-4-3-5-7-15/h3-13H,1-2H3/b13-12-. The zero-order valence-electron chi connectivity index (χ0n) is 13.5. The average Bonchev–Trinajstić information content (AvgIpc) is 3.04. The summed E-state index contributed by atoms with van der Waals surface area (Å²) in [5, 5.41) is 4.08. The molecule has 0 aliphatic rings. The van der Waals surface area contributed by atoms with E-state index in [4.69, 9.17) is 9.26 Å². The lowest BCUT2D eigenvalue weighted by atomic mass is 10.0. The van der Waals surface area contributed by atoms with E-state index in [0.29, 0.717) is 16.8 Å². The maximum absolute atomic E-state index is 12.3. The monoisotopic (exact) mass is 319 g/mol. The topological polar surface area (TPSA) is 52.3 Å². The first-order valence-electron chi connectivity index (χ1n) is 7.57. The van der Waals surface area contributed by atoms with Crippen LogP contribution in [0.5, 0.6) is 5.95 Å². The molecule has 0 spiro atoms. The lowest BCUT2D eigenvalue weighted by Gasteiger charge is -2.00. The van der Waals surface area contributed by atoms with E-state index in [-0.39, 0.29) is 11.7 Å². The van der Waals surface area contributed by atoms with Crippen LogP contribution < -0.4 is 4.74 Å². The van der Waals surface area contributed by atoms with Crippen molar-refractivity contribution in [3.63, 3.8) is 0 Å². The maximum atomic E-state index is 12.3. The second-order valence-electron chi connectivity index (χ2n) is 5.37. The number of methoxy groups -OCH3 is 1. The zero-order valence-corrected chi connectivity index (χ0v) is 13.5. The van der Waals surface area contributed by atoms with Gasteiger partial charge in [0, 0.05) is 11.1 Å². The van der Waals surface area contributed by atoms with Crippen molar-refractivity contribution in [3.8, 4) is 17.2 Å². The highest BCUT2D eigenvalue weighted by atomic mass is 16.6. The summed E-state index contributed by atoms with van der Waals surface area (Å²) in [4.78, 5) is 12.3. The van der Waals surface area contributed by atoms with Crippen LogP contribution in [0.1, 0.15) is 21.5 Å². The molecule has 0 unspecified atom stereocenters. The maximum Gasteiger partial charge on any atom is 0.318 e. The normalized spacial score (nSPS) is 10.9. The second kappa shape index (κ2) is 6.96. The first-order valence-corrected chi connectivity index (χ1v) is 7.57. The van der Waals surface area contributed by atoms with Gasteiger partial charge in [0.2, 0.25) is 0 Å². The van der Waals surface area contributed by atoms with Gasteiger partial charge in [-0.2, -0.15) is 0 Å². The zero-order chi connectivity index (χ0) is 16.9. The van der Waals surface area contributed by atoms with Crippen LogP contribution in [-0.2, 0) is 0 Å². The van der Waals surface area contributed by atoms with E-state index in [1.54, 1.807) is 18.2 Å². The Bertz CT molecular complexity index is 862. The third kappa shape index (κ3) is 3.27. The summed E-state index contributed by atoms with van der Waals surface area (Å²) in [5.74, 6) is 0.191. The van der Waals surface area contributed by atoms with Crippen LogP contribution in [0.2, 0.25) is 0 Å². The Hall–Kier alpha value is -3.14. The van der Waals surface area contributed by atoms with E-state index >= 15 is 0 Å². The van der Waals surface area contributed by atoms with Gasteiger partial charge in [0.05, 0.1) is 12.7 Å². The minimum absolute atomic E-state index is 0.0892. The quantitative estimate of drug-likeness (QED) is 0.511. The molecule has 0 saturated carbocycles. The van der Waals surface area contributed by atoms with Crippen molar-refractivity contribution in [2.24, 2.45) is 0 Å². The molecule has 0 radical (unpaired) electrons. The fourth-order valence-corrected chi connectivity index (χ4v) is 2.35. The molecule has 4 nitrogen and oxygen atoms in total. The summed E-state index contributed by atoms with van der Waals surface area (Å²) < 4.78 is 10.5. The lowest BCUT2D eigenvalue weighted by molar-refractivity contribution is 0.104. The summed E-state index contributed by atoms with van der Waals surface area (Å²) in [7, 11) is 1.51. The Balaban J connectivity index is 1.95. The van der Waals surface area contributed by atoms with E-state index in [1.807, 2.05) is 49.4 Å². The first kappa shape index (κ1) is 15.7. The average molecular weight is 319 g/mol. The molecular weight excluding hydrogens is 302 g/mol. The number of aromatic nitrogens is 1. The van der Waals surface area contributed by atoms with Gasteiger partial charge in [0.25, 0.3) is 0 Å². The highest BCUT2D eigenvalue weighted by Crippen LogP contribution is 2.31. The highest BCUT2D eigenvalue weighted by Gasteiger charge is 2.16. The van der Waals surface area contributed by atoms with Crippen molar-refractivity contribution in [3.05, 3.63) is 77.4 Å². The number of carbonyl (C=O) groups excluding carboxylic acids is 1.